The molecule has 0 bridgehead atoms. The van der Waals surface area contributed by atoms with Crippen molar-refractivity contribution in [3.05, 3.63) is 84.7 Å². The van der Waals surface area contributed by atoms with Gasteiger partial charge in [-0.05, 0) is 55.0 Å². The SMILES string of the molecule is COc1cccc(NC(=O)COc2ccc(C(=O)NCCCn3cnc4ccccc43)cc2)c1. The predicted molar refractivity (Wildman–Crippen MR) is 130 cm³/mol. The van der Waals surface area contributed by atoms with Crippen LogP contribution < -0.4 is 20.1 Å². The van der Waals surface area contributed by atoms with Gasteiger partial charge in [0.25, 0.3) is 11.8 Å². The predicted octanol–water partition coefficient (Wildman–Crippen LogP) is 3.88. The van der Waals surface area contributed by atoms with Crippen LogP contribution in [0.1, 0.15) is 16.8 Å². The number of para-hydroxylation sites is 2. The Morgan fingerprint density at radius 2 is 1.79 bits per heavy atom. The molecular formula is C26H26N4O4. The van der Waals surface area contributed by atoms with Gasteiger partial charge >= 0.3 is 0 Å². The number of nitrogens with one attached hydrogen (secondary N) is 2. The number of carbonyl (C=O) groups is 2. The Balaban J connectivity index is 1.19. The van der Waals surface area contributed by atoms with Gasteiger partial charge in [0.1, 0.15) is 11.5 Å². The molecule has 0 fully saturated rings. The van der Waals surface area contributed by atoms with Gasteiger partial charge in [0.15, 0.2) is 6.61 Å². The highest BCUT2D eigenvalue weighted by Gasteiger charge is 2.08. The molecule has 0 radical (unpaired) electrons. The number of rotatable bonds is 10. The fourth-order valence-electron chi connectivity index (χ4n) is 3.49. The molecule has 8 heteroatoms. The molecule has 2 N–H and O–H groups in total. The molecule has 1 heterocycles. The number of hydrogen-bond donors (Lipinski definition) is 2. The molecular weight excluding hydrogens is 432 g/mol. The van der Waals surface area contributed by atoms with E-state index >= 15 is 0 Å². The zero-order valence-electron chi connectivity index (χ0n) is 18.9. The van der Waals surface area contributed by atoms with E-state index in [0.717, 1.165) is 24.0 Å². The summed E-state index contributed by atoms with van der Waals surface area (Å²) in [7, 11) is 1.57. The summed E-state index contributed by atoms with van der Waals surface area (Å²) in [4.78, 5) is 28.9. The number of methoxy groups -OCH3 is 1. The third-order valence-electron chi connectivity index (χ3n) is 5.23. The van der Waals surface area contributed by atoms with Gasteiger partial charge in [-0.2, -0.15) is 0 Å². The maximum Gasteiger partial charge on any atom is 0.262 e. The Morgan fingerprint density at radius 3 is 2.62 bits per heavy atom. The number of hydrogen-bond acceptors (Lipinski definition) is 5. The Hall–Kier alpha value is -4.33. The first-order valence-corrected chi connectivity index (χ1v) is 11.0. The van der Waals surface area contributed by atoms with Crippen LogP contribution >= 0.6 is 0 Å². The minimum atomic E-state index is -0.291. The van der Waals surface area contributed by atoms with E-state index in [1.165, 1.54) is 0 Å². The second kappa shape index (κ2) is 11.0. The number of nitrogens with zero attached hydrogens (tertiary/aromatic N) is 2. The molecule has 0 saturated carbocycles. The summed E-state index contributed by atoms with van der Waals surface area (Å²) in [6.07, 6.45) is 2.61. The first-order chi connectivity index (χ1) is 16.6. The molecule has 8 nitrogen and oxygen atoms in total. The number of amides is 2. The molecule has 3 aromatic carbocycles. The van der Waals surface area contributed by atoms with Crippen LogP contribution in [-0.4, -0.2) is 41.6 Å². The number of anilines is 1. The average Bonchev–Trinajstić information content (AvgIpc) is 3.29. The fraction of sp³-hybridized carbons (Fsp3) is 0.192. The Bertz CT molecular complexity index is 1270. The van der Waals surface area contributed by atoms with E-state index in [9.17, 15) is 9.59 Å². The minimum absolute atomic E-state index is 0.147. The molecule has 0 aliphatic rings. The number of fused-ring (bicyclic) bond motifs is 1. The summed E-state index contributed by atoms with van der Waals surface area (Å²) in [5.41, 5.74) is 3.20. The van der Waals surface area contributed by atoms with Gasteiger partial charge in [-0.3, -0.25) is 9.59 Å². The van der Waals surface area contributed by atoms with Crippen LogP contribution in [0.3, 0.4) is 0 Å². The van der Waals surface area contributed by atoms with E-state index < -0.39 is 0 Å². The van der Waals surface area contributed by atoms with E-state index in [-0.39, 0.29) is 18.4 Å². The van der Waals surface area contributed by atoms with E-state index in [1.54, 1.807) is 55.6 Å². The van der Waals surface area contributed by atoms with Gasteiger partial charge in [-0.25, -0.2) is 4.98 Å². The highest BCUT2D eigenvalue weighted by atomic mass is 16.5. The van der Waals surface area contributed by atoms with Crippen molar-refractivity contribution in [2.24, 2.45) is 0 Å². The maximum absolute atomic E-state index is 12.4. The van der Waals surface area contributed by atoms with E-state index in [0.29, 0.717) is 29.3 Å². The quantitative estimate of drug-likeness (QED) is 0.352. The normalized spacial score (nSPS) is 10.6. The van der Waals surface area contributed by atoms with Crippen molar-refractivity contribution in [2.45, 2.75) is 13.0 Å². The first-order valence-electron chi connectivity index (χ1n) is 11.0. The van der Waals surface area contributed by atoms with Crippen molar-refractivity contribution in [1.29, 1.82) is 0 Å². The van der Waals surface area contributed by atoms with Crippen LogP contribution in [0.4, 0.5) is 5.69 Å². The fourth-order valence-corrected chi connectivity index (χ4v) is 3.49. The summed E-state index contributed by atoms with van der Waals surface area (Å²) in [6.45, 7) is 1.17. The molecule has 0 spiro atoms. The van der Waals surface area contributed by atoms with Crippen molar-refractivity contribution in [3.63, 3.8) is 0 Å². The first kappa shape index (κ1) is 22.8. The van der Waals surface area contributed by atoms with Crippen LogP contribution in [0.2, 0.25) is 0 Å². The molecule has 0 saturated heterocycles. The molecule has 0 aliphatic carbocycles. The molecule has 4 aromatic rings. The van der Waals surface area contributed by atoms with E-state index in [4.69, 9.17) is 9.47 Å². The number of aryl methyl sites for hydroxylation is 1. The summed E-state index contributed by atoms with van der Waals surface area (Å²) in [5.74, 6) is 0.714. The molecule has 4 rings (SSSR count). The third-order valence-corrected chi connectivity index (χ3v) is 5.23. The van der Waals surface area contributed by atoms with Crippen molar-refractivity contribution >= 4 is 28.5 Å². The maximum atomic E-state index is 12.4. The average molecular weight is 459 g/mol. The summed E-state index contributed by atoms with van der Waals surface area (Å²) in [6, 6.07) is 21.7. The molecule has 1 aromatic heterocycles. The lowest BCUT2D eigenvalue weighted by Crippen LogP contribution is -2.25. The van der Waals surface area contributed by atoms with Crippen LogP contribution in [0, 0.1) is 0 Å². The van der Waals surface area contributed by atoms with E-state index in [2.05, 4.69) is 20.2 Å². The van der Waals surface area contributed by atoms with Crippen LogP contribution in [0.15, 0.2) is 79.1 Å². The lowest BCUT2D eigenvalue weighted by molar-refractivity contribution is -0.118. The van der Waals surface area contributed by atoms with Gasteiger partial charge in [-0.1, -0.05) is 18.2 Å². The van der Waals surface area contributed by atoms with Gasteiger partial charge in [0.2, 0.25) is 0 Å². The standard InChI is InChI=1S/C26H26N4O4/c1-33-22-7-4-6-20(16-22)29-25(31)17-34-21-12-10-19(11-13-21)26(32)27-14-5-15-30-18-28-23-8-2-3-9-24(23)30/h2-4,6-13,16,18H,5,14-15,17H2,1H3,(H,27,32)(H,29,31). The second-order valence-electron chi connectivity index (χ2n) is 7.63. The lowest BCUT2D eigenvalue weighted by atomic mass is 10.2. The highest BCUT2D eigenvalue weighted by molar-refractivity contribution is 5.94. The smallest absolute Gasteiger partial charge is 0.262 e. The number of imidazole rings is 1. The molecule has 34 heavy (non-hydrogen) atoms. The number of ether oxygens (including phenoxy) is 2. The Kier molecular flexibility index (Phi) is 7.39. The third kappa shape index (κ3) is 5.92. The largest absolute Gasteiger partial charge is 0.497 e. The molecule has 0 aliphatic heterocycles. The van der Waals surface area contributed by atoms with E-state index in [1.807, 2.05) is 30.6 Å². The number of carbonyl (C=O) groups excluding carboxylic acids is 2. The zero-order chi connectivity index (χ0) is 23.8. The lowest BCUT2D eigenvalue weighted by Gasteiger charge is -2.10. The van der Waals surface area contributed by atoms with Gasteiger partial charge in [0.05, 0.1) is 24.5 Å². The summed E-state index contributed by atoms with van der Waals surface area (Å²) in [5, 5.41) is 5.68. The highest BCUT2D eigenvalue weighted by Crippen LogP contribution is 2.17. The van der Waals surface area contributed by atoms with Crippen LogP contribution in [0.25, 0.3) is 11.0 Å². The number of aromatic nitrogens is 2. The zero-order valence-corrected chi connectivity index (χ0v) is 18.9. The minimum Gasteiger partial charge on any atom is -0.497 e. The second-order valence-corrected chi connectivity index (χ2v) is 7.63. The monoisotopic (exact) mass is 458 g/mol. The molecule has 0 atom stereocenters. The molecule has 2 amide bonds. The Labute approximate surface area is 197 Å². The topological polar surface area (TPSA) is 94.5 Å². The van der Waals surface area contributed by atoms with Crippen molar-refractivity contribution in [1.82, 2.24) is 14.9 Å². The van der Waals surface area contributed by atoms with Gasteiger partial charge < -0.3 is 24.7 Å². The number of benzene rings is 3. The summed E-state index contributed by atoms with van der Waals surface area (Å²) >= 11 is 0. The summed E-state index contributed by atoms with van der Waals surface area (Å²) < 4.78 is 12.7. The van der Waals surface area contributed by atoms with Gasteiger partial charge in [-0.15, -0.1) is 0 Å². The Morgan fingerprint density at radius 1 is 0.971 bits per heavy atom. The van der Waals surface area contributed by atoms with Crippen molar-refractivity contribution in [3.8, 4) is 11.5 Å². The van der Waals surface area contributed by atoms with Crippen LogP contribution in [0.5, 0.6) is 11.5 Å². The van der Waals surface area contributed by atoms with Crippen LogP contribution in [-0.2, 0) is 11.3 Å². The van der Waals surface area contributed by atoms with Gasteiger partial charge in [0, 0.05) is 30.4 Å². The van der Waals surface area contributed by atoms with Crippen molar-refractivity contribution in [2.75, 3.05) is 25.6 Å². The molecule has 0 unspecified atom stereocenters. The van der Waals surface area contributed by atoms with Crippen molar-refractivity contribution < 1.29 is 19.1 Å². The molecule has 174 valence electrons.